The molecule has 0 bridgehead atoms. The van der Waals surface area contributed by atoms with Crippen LogP contribution in [0.4, 0.5) is 13.2 Å². The first-order valence-electron chi connectivity index (χ1n) is 11.1. The number of esters is 1. The van der Waals surface area contributed by atoms with Gasteiger partial charge in [-0.3, -0.25) is 9.36 Å². The number of rotatable bonds is 8. The summed E-state index contributed by atoms with van der Waals surface area (Å²) in [4.78, 5) is 33.3. The highest BCUT2D eigenvalue weighted by Gasteiger charge is 2.39. The number of aliphatic hydroxyl groups excluding tert-OH is 1. The number of carbonyl (C=O) groups is 1. The Bertz CT molecular complexity index is 1510. The minimum atomic E-state index is -4.96. The Morgan fingerprint density at radius 2 is 1.89 bits per heavy atom. The number of hydrogen-bond acceptors (Lipinski definition) is 8. The zero-order valence-electron chi connectivity index (χ0n) is 20.3. The van der Waals surface area contributed by atoms with Gasteiger partial charge in [-0.05, 0) is 31.2 Å². The summed E-state index contributed by atoms with van der Waals surface area (Å²) >= 11 is 5.91. The van der Waals surface area contributed by atoms with Crippen LogP contribution in [0.3, 0.4) is 0 Å². The average Bonchev–Trinajstić information content (AvgIpc) is 3.52. The standard InChI is InChI=1S/C22H22ClF3N8O4/c1-12(38-13(2)35)18-28-17(29-34(18)20-27-8-9-31(20)3)11-33-21(37)32(10-16(36)22(24,25)26)19(30-33)14-4-6-15(23)7-5-14/h4-9,12,16,36H,10-11H2,1-3H3/t12?,16-/m0/s1. The van der Waals surface area contributed by atoms with Crippen LogP contribution < -0.4 is 5.69 Å². The summed E-state index contributed by atoms with van der Waals surface area (Å²) in [5.41, 5.74) is -0.628. The van der Waals surface area contributed by atoms with E-state index in [9.17, 15) is 27.9 Å². The predicted octanol–water partition coefficient (Wildman–Crippen LogP) is 2.27. The Labute approximate surface area is 217 Å². The van der Waals surface area contributed by atoms with E-state index in [1.54, 1.807) is 24.7 Å². The van der Waals surface area contributed by atoms with Crippen LogP contribution in [0, 0.1) is 0 Å². The van der Waals surface area contributed by atoms with E-state index >= 15 is 0 Å². The van der Waals surface area contributed by atoms with E-state index in [2.05, 4.69) is 20.2 Å². The lowest BCUT2D eigenvalue weighted by Crippen LogP contribution is -2.37. The maximum Gasteiger partial charge on any atom is 0.416 e. The van der Waals surface area contributed by atoms with Gasteiger partial charge in [-0.25, -0.2) is 19.4 Å². The molecule has 2 atom stereocenters. The van der Waals surface area contributed by atoms with Gasteiger partial charge in [0.15, 0.2) is 29.7 Å². The zero-order chi connectivity index (χ0) is 27.8. The molecule has 4 aromatic rings. The van der Waals surface area contributed by atoms with Crippen molar-refractivity contribution in [1.82, 2.24) is 38.7 Å². The number of benzene rings is 1. The molecule has 0 aliphatic rings. The molecule has 0 aliphatic carbocycles. The fraction of sp³-hybridized carbons (Fsp3) is 0.364. The number of halogens is 4. The normalized spacial score (nSPS) is 13.5. The molecule has 0 saturated heterocycles. The second kappa shape index (κ2) is 10.4. The molecule has 0 aliphatic heterocycles. The Morgan fingerprint density at radius 1 is 1.21 bits per heavy atom. The molecule has 0 fully saturated rings. The first-order valence-corrected chi connectivity index (χ1v) is 11.5. The number of aryl methyl sites for hydroxylation is 1. The Kier molecular flexibility index (Phi) is 7.42. The van der Waals surface area contributed by atoms with Crippen molar-refractivity contribution in [2.24, 2.45) is 7.05 Å². The second-order valence-corrected chi connectivity index (χ2v) is 8.76. The number of imidazole rings is 1. The van der Waals surface area contributed by atoms with Crippen LogP contribution >= 0.6 is 11.6 Å². The van der Waals surface area contributed by atoms with E-state index in [0.29, 0.717) is 16.5 Å². The third-order valence-electron chi connectivity index (χ3n) is 5.42. The smallest absolute Gasteiger partial charge is 0.416 e. The highest BCUT2D eigenvalue weighted by molar-refractivity contribution is 6.30. The highest BCUT2D eigenvalue weighted by atomic mass is 35.5. The van der Waals surface area contributed by atoms with Gasteiger partial charge in [0, 0.05) is 37.0 Å². The van der Waals surface area contributed by atoms with Crippen LogP contribution in [0.5, 0.6) is 0 Å². The van der Waals surface area contributed by atoms with Crippen molar-refractivity contribution >= 4 is 17.6 Å². The Morgan fingerprint density at radius 3 is 2.47 bits per heavy atom. The monoisotopic (exact) mass is 554 g/mol. The number of alkyl halides is 3. The minimum absolute atomic E-state index is 0.0489. The van der Waals surface area contributed by atoms with Gasteiger partial charge in [-0.15, -0.1) is 10.2 Å². The predicted molar refractivity (Wildman–Crippen MR) is 126 cm³/mol. The molecule has 12 nitrogen and oxygen atoms in total. The van der Waals surface area contributed by atoms with E-state index in [1.807, 2.05) is 0 Å². The lowest BCUT2D eigenvalue weighted by atomic mass is 10.2. The molecule has 0 radical (unpaired) electrons. The van der Waals surface area contributed by atoms with E-state index in [0.717, 1.165) is 9.25 Å². The molecular weight excluding hydrogens is 533 g/mol. The number of nitrogens with zero attached hydrogens (tertiary/aromatic N) is 8. The summed E-state index contributed by atoms with van der Waals surface area (Å²) in [6, 6.07) is 5.95. The third-order valence-corrected chi connectivity index (χ3v) is 5.67. The maximum atomic E-state index is 13.2. The number of ether oxygens (including phenoxy) is 1. The minimum Gasteiger partial charge on any atom is -0.455 e. The summed E-state index contributed by atoms with van der Waals surface area (Å²) in [5.74, 6) is -0.0906. The van der Waals surface area contributed by atoms with Crippen LogP contribution in [-0.2, 0) is 29.7 Å². The van der Waals surface area contributed by atoms with Gasteiger partial charge in [-0.1, -0.05) is 11.6 Å². The molecule has 1 aromatic carbocycles. The molecule has 1 unspecified atom stereocenters. The maximum absolute atomic E-state index is 13.2. The van der Waals surface area contributed by atoms with Crippen LogP contribution in [0.1, 0.15) is 31.6 Å². The molecule has 0 amide bonds. The van der Waals surface area contributed by atoms with E-state index in [4.69, 9.17) is 16.3 Å². The summed E-state index contributed by atoms with van der Waals surface area (Å²) in [7, 11) is 1.71. The molecule has 1 N–H and O–H groups in total. The van der Waals surface area contributed by atoms with Gasteiger partial charge in [0.2, 0.25) is 5.95 Å². The van der Waals surface area contributed by atoms with Crippen molar-refractivity contribution in [1.29, 1.82) is 0 Å². The lowest BCUT2D eigenvalue weighted by molar-refractivity contribution is -0.207. The van der Waals surface area contributed by atoms with Crippen molar-refractivity contribution in [3.05, 3.63) is 63.8 Å². The molecule has 202 valence electrons. The Balaban J connectivity index is 1.78. The number of aliphatic hydroxyl groups is 1. The quantitative estimate of drug-likeness (QED) is 0.328. The van der Waals surface area contributed by atoms with Crippen LogP contribution in [0.25, 0.3) is 17.3 Å². The van der Waals surface area contributed by atoms with Crippen LogP contribution in [0.2, 0.25) is 5.02 Å². The van der Waals surface area contributed by atoms with E-state index in [-0.39, 0.29) is 24.0 Å². The zero-order valence-corrected chi connectivity index (χ0v) is 21.1. The van der Waals surface area contributed by atoms with Crippen molar-refractivity contribution in [3.8, 4) is 17.3 Å². The molecule has 3 aromatic heterocycles. The lowest BCUT2D eigenvalue weighted by Gasteiger charge is -2.15. The van der Waals surface area contributed by atoms with Gasteiger partial charge in [0.25, 0.3) is 0 Å². The Hall–Kier alpha value is -3.98. The molecule has 0 saturated carbocycles. The van der Waals surface area contributed by atoms with Crippen molar-refractivity contribution in [2.45, 2.75) is 45.3 Å². The summed E-state index contributed by atoms with van der Waals surface area (Å²) in [5, 5.41) is 18.6. The SMILES string of the molecule is CC(=O)OC(C)c1nc(Cn2nc(-c3ccc(Cl)cc3)n(C[C@H](O)C(F)(F)F)c2=O)nn1-c1nccn1C. The molecular formula is C22H22ClF3N8O4. The second-order valence-electron chi connectivity index (χ2n) is 8.33. The molecule has 16 heteroatoms. The van der Waals surface area contributed by atoms with Crippen molar-refractivity contribution < 1.29 is 27.8 Å². The van der Waals surface area contributed by atoms with Gasteiger partial charge in [-0.2, -0.15) is 17.9 Å². The van der Waals surface area contributed by atoms with Crippen LogP contribution in [0.15, 0.2) is 41.5 Å². The van der Waals surface area contributed by atoms with E-state index in [1.165, 1.54) is 42.1 Å². The van der Waals surface area contributed by atoms with Crippen molar-refractivity contribution in [2.75, 3.05) is 0 Å². The first-order chi connectivity index (χ1) is 17.8. The van der Waals surface area contributed by atoms with Gasteiger partial charge >= 0.3 is 17.8 Å². The summed E-state index contributed by atoms with van der Waals surface area (Å²) in [6.07, 6.45) is -5.42. The topological polar surface area (TPSA) is 135 Å². The molecule has 38 heavy (non-hydrogen) atoms. The van der Waals surface area contributed by atoms with Gasteiger partial charge < -0.3 is 14.4 Å². The summed E-state index contributed by atoms with van der Waals surface area (Å²) in [6.45, 7) is 1.39. The first kappa shape index (κ1) is 27.1. The highest BCUT2D eigenvalue weighted by Crippen LogP contribution is 2.24. The number of carbonyl (C=O) groups excluding carboxylic acids is 1. The van der Waals surface area contributed by atoms with E-state index < -0.39 is 36.6 Å². The molecule has 4 rings (SSSR count). The fourth-order valence-corrected chi connectivity index (χ4v) is 3.77. The number of hydrogen-bond donors (Lipinski definition) is 1. The van der Waals surface area contributed by atoms with Crippen LogP contribution in [-0.4, -0.2) is 62.0 Å². The summed E-state index contributed by atoms with van der Waals surface area (Å²) < 4.78 is 49.1. The molecule has 0 spiro atoms. The third kappa shape index (κ3) is 5.62. The fourth-order valence-electron chi connectivity index (χ4n) is 3.64. The van der Waals surface area contributed by atoms with Gasteiger partial charge in [0.05, 0.1) is 6.54 Å². The van der Waals surface area contributed by atoms with Gasteiger partial charge in [0.1, 0.15) is 6.54 Å². The molecule has 3 heterocycles. The number of aromatic nitrogens is 8. The average molecular weight is 555 g/mol. The largest absolute Gasteiger partial charge is 0.455 e. The van der Waals surface area contributed by atoms with Crippen molar-refractivity contribution in [3.63, 3.8) is 0 Å².